The number of rotatable bonds is 5. The maximum Gasteiger partial charge on any atom is 0.109 e. The Labute approximate surface area is 106 Å². The first-order valence-corrected chi connectivity index (χ1v) is 7.40. The molecule has 0 aromatic carbocycles. The van der Waals surface area contributed by atoms with Gasteiger partial charge in [-0.05, 0) is 44.7 Å². The van der Waals surface area contributed by atoms with E-state index in [0.29, 0.717) is 6.04 Å². The van der Waals surface area contributed by atoms with Crippen molar-refractivity contribution in [2.75, 3.05) is 13.7 Å². The molecule has 2 aliphatic rings. The molecule has 1 fully saturated rings. The second kappa shape index (κ2) is 7.05. The van der Waals surface area contributed by atoms with Crippen LogP contribution in [-0.4, -0.2) is 19.7 Å². The van der Waals surface area contributed by atoms with Crippen LogP contribution >= 0.6 is 0 Å². The van der Waals surface area contributed by atoms with Crippen LogP contribution in [0.4, 0.5) is 0 Å². The molecule has 0 aromatic heterocycles. The number of nitrogens with one attached hydrogen (secondary N) is 1. The molecule has 0 bridgehead atoms. The smallest absolute Gasteiger partial charge is 0.109 e. The second-order valence-corrected chi connectivity index (χ2v) is 5.52. The maximum absolute atomic E-state index is 5.77. The summed E-state index contributed by atoms with van der Waals surface area (Å²) in [6.45, 7) is 0.910. The van der Waals surface area contributed by atoms with Gasteiger partial charge in [0.25, 0.3) is 0 Å². The van der Waals surface area contributed by atoms with E-state index < -0.39 is 0 Å². The molecule has 1 unspecified atom stereocenters. The molecule has 0 saturated heterocycles. The molecule has 98 valence electrons. The fourth-order valence-corrected chi connectivity index (χ4v) is 3.13. The van der Waals surface area contributed by atoms with E-state index in [-0.39, 0.29) is 0 Å². The van der Waals surface area contributed by atoms with E-state index in [9.17, 15) is 0 Å². The molecule has 1 aliphatic heterocycles. The van der Waals surface area contributed by atoms with E-state index in [4.69, 9.17) is 4.74 Å². The molecule has 1 atom stereocenters. The molecular weight excluding hydrogens is 210 g/mol. The Bertz CT molecular complexity index is 243. The Morgan fingerprint density at radius 2 is 2.12 bits per heavy atom. The standard InChI is InChI=1S/C15H27NO/c1-16-14(15-9-5-6-12-17-15)11-10-13-7-3-2-4-8-13/h9,13-14,16H,2-8,10-12H2,1H3. The van der Waals surface area contributed by atoms with Gasteiger partial charge >= 0.3 is 0 Å². The summed E-state index contributed by atoms with van der Waals surface area (Å²) in [5, 5.41) is 3.42. The maximum atomic E-state index is 5.77. The minimum atomic E-state index is 0.456. The second-order valence-electron chi connectivity index (χ2n) is 5.52. The molecule has 0 amide bonds. The highest BCUT2D eigenvalue weighted by Gasteiger charge is 2.19. The third kappa shape index (κ3) is 4.02. The van der Waals surface area contributed by atoms with Gasteiger partial charge in [0.15, 0.2) is 0 Å². The molecule has 1 aliphatic carbocycles. The van der Waals surface area contributed by atoms with E-state index in [1.165, 1.54) is 63.5 Å². The fraction of sp³-hybridized carbons (Fsp3) is 0.867. The number of hydrogen-bond donors (Lipinski definition) is 1. The van der Waals surface area contributed by atoms with E-state index >= 15 is 0 Å². The van der Waals surface area contributed by atoms with Crippen LogP contribution in [0.3, 0.4) is 0 Å². The van der Waals surface area contributed by atoms with Gasteiger partial charge in [-0.15, -0.1) is 0 Å². The normalized spacial score (nSPS) is 23.9. The third-order valence-electron chi connectivity index (χ3n) is 4.24. The third-order valence-corrected chi connectivity index (χ3v) is 4.24. The van der Waals surface area contributed by atoms with Gasteiger partial charge < -0.3 is 10.1 Å². The monoisotopic (exact) mass is 237 g/mol. The predicted octanol–water partition coefficient (Wildman–Crippen LogP) is 3.63. The van der Waals surface area contributed by atoms with E-state index in [0.717, 1.165) is 12.5 Å². The van der Waals surface area contributed by atoms with Crippen LogP contribution in [0.25, 0.3) is 0 Å². The highest BCUT2D eigenvalue weighted by molar-refractivity contribution is 5.05. The van der Waals surface area contributed by atoms with Crippen molar-refractivity contribution in [1.82, 2.24) is 5.32 Å². The lowest BCUT2D eigenvalue weighted by Crippen LogP contribution is -2.30. The molecule has 2 heteroatoms. The molecule has 0 spiro atoms. The molecule has 0 radical (unpaired) electrons. The van der Waals surface area contributed by atoms with Crippen LogP contribution in [0.2, 0.25) is 0 Å². The molecule has 17 heavy (non-hydrogen) atoms. The average Bonchev–Trinajstić information content (AvgIpc) is 2.42. The topological polar surface area (TPSA) is 21.3 Å². The molecule has 0 aromatic rings. The van der Waals surface area contributed by atoms with Crippen LogP contribution in [0.1, 0.15) is 57.8 Å². The Morgan fingerprint density at radius 1 is 1.29 bits per heavy atom. The zero-order chi connectivity index (χ0) is 11.9. The lowest BCUT2D eigenvalue weighted by molar-refractivity contribution is 0.163. The highest BCUT2D eigenvalue weighted by atomic mass is 16.5. The van der Waals surface area contributed by atoms with Crippen molar-refractivity contribution in [3.05, 3.63) is 11.8 Å². The van der Waals surface area contributed by atoms with Crippen LogP contribution in [-0.2, 0) is 4.74 Å². The van der Waals surface area contributed by atoms with Crippen LogP contribution in [0.5, 0.6) is 0 Å². The summed E-state index contributed by atoms with van der Waals surface area (Å²) in [7, 11) is 2.06. The number of likely N-dealkylation sites (N-methyl/N-ethyl adjacent to an activating group) is 1. The fourth-order valence-electron chi connectivity index (χ4n) is 3.13. The van der Waals surface area contributed by atoms with Crippen LogP contribution < -0.4 is 5.32 Å². The number of hydrogen-bond acceptors (Lipinski definition) is 2. The van der Waals surface area contributed by atoms with Crippen molar-refractivity contribution in [3.63, 3.8) is 0 Å². The first kappa shape index (κ1) is 12.9. The van der Waals surface area contributed by atoms with Gasteiger partial charge in [0, 0.05) is 0 Å². The van der Waals surface area contributed by atoms with Gasteiger partial charge in [0.2, 0.25) is 0 Å². The lowest BCUT2D eigenvalue weighted by Gasteiger charge is -2.26. The first-order chi connectivity index (χ1) is 8.40. The summed E-state index contributed by atoms with van der Waals surface area (Å²) in [6.07, 6.45) is 14.5. The summed E-state index contributed by atoms with van der Waals surface area (Å²) in [4.78, 5) is 0. The minimum Gasteiger partial charge on any atom is -0.497 e. The number of ether oxygens (including phenoxy) is 1. The van der Waals surface area contributed by atoms with Crippen LogP contribution in [0.15, 0.2) is 11.8 Å². The lowest BCUT2D eigenvalue weighted by atomic mass is 9.85. The van der Waals surface area contributed by atoms with Crippen molar-refractivity contribution >= 4 is 0 Å². The molecular formula is C15H27NO. The summed E-state index contributed by atoms with van der Waals surface area (Å²) < 4.78 is 5.77. The Morgan fingerprint density at radius 3 is 2.76 bits per heavy atom. The minimum absolute atomic E-state index is 0.456. The van der Waals surface area contributed by atoms with Crippen molar-refractivity contribution in [2.45, 2.75) is 63.8 Å². The molecule has 1 N–H and O–H groups in total. The summed E-state index contributed by atoms with van der Waals surface area (Å²) in [5.41, 5.74) is 0. The first-order valence-electron chi connectivity index (χ1n) is 7.40. The predicted molar refractivity (Wildman–Crippen MR) is 71.9 cm³/mol. The molecule has 1 heterocycles. The van der Waals surface area contributed by atoms with E-state index in [1.807, 2.05) is 0 Å². The Kier molecular flexibility index (Phi) is 5.37. The average molecular weight is 237 g/mol. The van der Waals surface area contributed by atoms with Crippen molar-refractivity contribution < 1.29 is 4.74 Å². The number of allylic oxidation sites excluding steroid dienone is 1. The Hall–Kier alpha value is -0.500. The van der Waals surface area contributed by atoms with Crippen molar-refractivity contribution in [2.24, 2.45) is 5.92 Å². The van der Waals surface area contributed by atoms with Gasteiger partial charge in [0.05, 0.1) is 12.6 Å². The Balaban J connectivity index is 1.76. The quantitative estimate of drug-likeness (QED) is 0.788. The van der Waals surface area contributed by atoms with Gasteiger partial charge in [-0.1, -0.05) is 32.1 Å². The van der Waals surface area contributed by atoms with E-state index in [1.54, 1.807) is 0 Å². The summed E-state index contributed by atoms with van der Waals surface area (Å²) in [5.74, 6) is 2.18. The zero-order valence-corrected chi connectivity index (χ0v) is 11.2. The van der Waals surface area contributed by atoms with Gasteiger partial charge in [-0.2, -0.15) is 0 Å². The highest BCUT2D eigenvalue weighted by Crippen LogP contribution is 2.29. The molecule has 2 rings (SSSR count). The zero-order valence-electron chi connectivity index (χ0n) is 11.2. The molecule has 2 nitrogen and oxygen atoms in total. The SMILES string of the molecule is CNC(CCC1CCCCC1)C1=CCCCO1. The molecule has 1 saturated carbocycles. The van der Waals surface area contributed by atoms with Gasteiger partial charge in [-0.25, -0.2) is 0 Å². The van der Waals surface area contributed by atoms with Crippen molar-refractivity contribution in [3.8, 4) is 0 Å². The van der Waals surface area contributed by atoms with E-state index in [2.05, 4.69) is 18.4 Å². The summed E-state index contributed by atoms with van der Waals surface area (Å²) >= 11 is 0. The van der Waals surface area contributed by atoms with Gasteiger partial charge in [0.1, 0.15) is 5.76 Å². The largest absolute Gasteiger partial charge is 0.497 e. The van der Waals surface area contributed by atoms with Gasteiger partial charge in [-0.3, -0.25) is 0 Å². The summed E-state index contributed by atoms with van der Waals surface area (Å²) in [6, 6.07) is 0.456. The van der Waals surface area contributed by atoms with Crippen LogP contribution in [0, 0.1) is 5.92 Å². The van der Waals surface area contributed by atoms with Crippen molar-refractivity contribution in [1.29, 1.82) is 0 Å².